The number of nitrogens with one attached hydrogen (secondary N) is 1. The molecule has 0 spiro atoms. The summed E-state index contributed by atoms with van der Waals surface area (Å²) in [4.78, 5) is 28.9. The molecule has 1 aromatic heterocycles. The molecular formula is C16H16ClN3O3. The molecule has 0 aliphatic carbocycles. The second-order valence-electron chi connectivity index (χ2n) is 5.55. The quantitative estimate of drug-likeness (QED) is 0.885. The number of piperidine rings is 1. The predicted molar refractivity (Wildman–Crippen MR) is 86.8 cm³/mol. The molecule has 1 aliphatic rings. The normalized spacial score (nSPS) is 15.6. The van der Waals surface area contributed by atoms with Crippen LogP contribution in [0.2, 0.25) is 5.02 Å². The van der Waals surface area contributed by atoms with Crippen LogP contribution in [0.4, 0.5) is 4.79 Å². The van der Waals surface area contributed by atoms with Crippen LogP contribution >= 0.6 is 11.6 Å². The second-order valence-corrected chi connectivity index (χ2v) is 5.99. The van der Waals surface area contributed by atoms with Crippen molar-refractivity contribution in [2.75, 3.05) is 13.1 Å². The van der Waals surface area contributed by atoms with Crippen LogP contribution in [-0.2, 0) is 0 Å². The lowest BCUT2D eigenvalue weighted by molar-refractivity contribution is 0.0902. The highest BCUT2D eigenvalue weighted by Crippen LogP contribution is 2.18. The second kappa shape index (κ2) is 6.42. The molecule has 2 N–H and O–H groups in total. The number of halogens is 1. The zero-order chi connectivity index (χ0) is 16.4. The van der Waals surface area contributed by atoms with Gasteiger partial charge in [0.15, 0.2) is 0 Å². The number of hydrogen-bond donors (Lipinski definition) is 2. The van der Waals surface area contributed by atoms with E-state index in [2.05, 4.69) is 10.3 Å². The van der Waals surface area contributed by atoms with Crippen LogP contribution in [0.15, 0.2) is 30.3 Å². The lowest BCUT2D eigenvalue weighted by Gasteiger charge is -2.30. The molecule has 0 bridgehead atoms. The first-order chi connectivity index (χ1) is 11.0. The Labute approximate surface area is 138 Å². The van der Waals surface area contributed by atoms with Crippen molar-refractivity contribution < 1.29 is 14.7 Å². The maximum Gasteiger partial charge on any atom is 0.407 e. The van der Waals surface area contributed by atoms with Crippen molar-refractivity contribution >= 4 is 34.5 Å². The van der Waals surface area contributed by atoms with Crippen molar-refractivity contribution in [1.82, 2.24) is 15.2 Å². The standard InChI is InChI=1S/C16H16ClN3O3/c17-11-2-4-13-10(9-11)1-3-14(19-13)15(21)18-12-5-7-20(8-6-12)16(22)23/h1-4,9,12H,5-8H2,(H,18,21)(H,22,23). The van der Waals surface area contributed by atoms with Crippen molar-refractivity contribution in [2.45, 2.75) is 18.9 Å². The fourth-order valence-electron chi connectivity index (χ4n) is 2.70. The zero-order valence-corrected chi connectivity index (χ0v) is 13.1. The van der Waals surface area contributed by atoms with Crippen LogP contribution in [0.3, 0.4) is 0 Å². The predicted octanol–water partition coefficient (Wildman–Crippen LogP) is 2.76. The Bertz CT molecular complexity index is 757. The summed E-state index contributed by atoms with van der Waals surface area (Å²) in [6.07, 6.45) is 0.312. The van der Waals surface area contributed by atoms with E-state index in [-0.39, 0.29) is 11.9 Å². The third kappa shape index (κ3) is 3.53. The van der Waals surface area contributed by atoms with E-state index in [9.17, 15) is 9.59 Å². The molecule has 2 aromatic rings. The van der Waals surface area contributed by atoms with Gasteiger partial charge in [0.25, 0.3) is 5.91 Å². The number of carbonyl (C=O) groups excluding carboxylic acids is 1. The Morgan fingerprint density at radius 1 is 1.22 bits per heavy atom. The number of carbonyl (C=O) groups is 2. The molecule has 1 saturated heterocycles. The minimum Gasteiger partial charge on any atom is -0.465 e. The van der Waals surface area contributed by atoms with E-state index in [1.54, 1.807) is 24.3 Å². The van der Waals surface area contributed by atoms with E-state index < -0.39 is 6.09 Å². The van der Waals surface area contributed by atoms with Crippen LogP contribution in [0.25, 0.3) is 10.9 Å². The van der Waals surface area contributed by atoms with E-state index in [0.717, 1.165) is 5.39 Å². The first-order valence-electron chi connectivity index (χ1n) is 7.38. The van der Waals surface area contributed by atoms with Crippen LogP contribution in [0.1, 0.15) is 23.3 Å². The van der Waals surface area contributed by atoms with Gasteiger partial charge in [-0.05, 0) is 37.1 Å². The summed E-state index contributed by atoms with van der Waals surface area (Å²) in [5, 5.41) is 13.4. The summed E-state index contributed by atoms with van der Waals surface area (Å²) in [6.45, 7) is 0.869. The van der Waals surface area contributed by atoms with Crippen LogP contribution < -0.4 is 5.32 Å². The van der Waals surface area contributed by atoms with E-state index in [4.69, 9.17) is 16.7 Å². The van der Waals surface area contributed by atoms with Gasteiger partial charge in [0.05, 0.1) is 5.52 Å². The van der Waals surface area contributed by atoms with E-state index in [0.29, 0.717) is 42.2 Å². The Morgan fingerprint density at radius 2 is 1.96 bits per heavy atom. The maximum absolute atomic E-state index is 12.3. The van der Waals surface area contributed by atoms with Gasteiger partial charge in [0.1, 0.15) is 5.69 Å². The third-order valence-corrected chi connectivity index (χ3v) is 4.22. The average Bonchev–Trinajstić information content (AvgIpc) is 2.54. The summed E-state index contributed by atoms with van der Waals surface area (Å²) in [7, 11) is 0. The number of rotatable bonds is 2. The Hall–Kier alpha value is -2.34. The monoisotopic (exact) mass is 333 g/mol. The minimum atomic E-state index is -0.912. The summed E-state index contributed by atoms with van der Waals surface area (Å²) in [6, 6.07) is 8.77. The highest BCUT2D eigenvalue weighted by molar-refractivity contribution is 6.31. The van der Waals surface area contributed by atoms with Gasteiger partial charge in [-0.3, -0.25) is 4.79 Å². The van der Waals surface area contributed by atoms with Crippen molar-refractivity contribution in [3.63, 3.8) is 0 Å². The molecular weight excluding hydrogens is 318 g/mol. The van der Waals surface area contributed by atoms with Gasteiger partial charge in [-0.1, -0.05) is 17.7 Å². The number of pyridine rings is 1. The lowest BCUT2D eigenvalue weighted by atomic mass is 10.1. The molecule has 1 aromatic carbocycles. The molecule has 7 heteroatoms. The molecule has 6 nitrogen and oxygen atoms in total. The van der Waals surface area contributed by atoms with Gasteiger partial charge in [0.2, 0.25) is 0 Å². The highest BCUT2D eigenvalue weighted by atomic mass is 35.5. The number of fused-ring (bicyclic) bond motifs is 1. The van der Waals surface area contributed by atoms with E-state index >= 15 is 0 Å². The Kier molecular flexibility index (Phi) is 4.34. The van der Waals surface area contributed by atoms with E-state index in [1.165, 1.54) is 4.90 Å². The molecule has 1 aliphatic heterocycles. The SMILES string of the molecule is O=C(NC1CCN(C(=O)O)CC1)c1ccc2cc(Cl)ccc2n1. The molecule has 0 saturated carbocycles. The molecule has 0 atom stereocenters. The summed E-state index contributed by atoms with van der Waals surface area (Å²) < 4.78 is 0. The highest BCUT2D eigenvalue weighted by Gasteiger charge is 2.24. The smallest absolute Gasteiger partial charge is 0.407 e. The first kappa shape index (κ1) is 15.6. The molecule has 0 radical (unpaired) electrons. The lowest BCUT2D eigenvalue weighted by Crippen LogP contribution is -2.46. The van der Waals surface area contributed by atoms with Crippen molar-refractivity contribution in [3.05, 3.63) is 41.0 Å². The molecule has 120 valence electrons. The number of nitrogens with zero attached hydrogens (tertiary/aromatic N) is 2. The summed E-state index contributed by atoms with van der Waals surface area (Å²) in [5.41, 5.74) is 1.06. The van der Waals surface area contributed by atoms with Crippen molar-refractivity contribution in [2.24, 2.45) is 0 Å². The van der Waals surface area contributed by atoms with Crippen LogP contribution in [-0.4, -0.2) is 46.1 Å². The summed E-state index contributed by atoms with van der Waals surface area (Å²) >= 11 is 5.93. The largest absolute Gasteiger partial charge is 0.465 e. The molecule has 1 fully saturated rings. The van der Waals surface area contributed by atoms with Crippen LogP contribution in [0.5, 0.6) is 0 Å². The summed E-state index contributed by atoms with van der Waals surface area (Å²) in [5.74, 6) is -0.240. The topological polar surface area (TPSA) is 82.5 Å². The molecule has 3 rings (SSSR count). The fraction of sp³-hybridized carbons (Fsp3) is 0.312. The Morgan fingerprint density at radius 3 is 2.65 bits per heavy atom. The molecule has 0 unspecified atom stereocenters. The van der Waals surface area contributed by atoms with Crippen molar-refractivity contribution in [3.8, 4) is 0 Å². The molecule has 2 amide bonds. The molecule has 23 heavy (non-hydrogen) atoms. The Balaban J connectivity index is 1.67. The van der Waals surface area contributed by atoms with Gasteiger partial charge >= 0.3 is 6.09 Å². The van der Waals surface area contributed by atoms with Gasteiger partial charge in [-0.15, -0.1) is 0 Å². The van der Waals surface area contributed by atoms with Gasteiger partial charge < -0.3 is 15.3 Å². The first-order valence-corrected chi connectivity index (χ1v) is 7.76. The third-order valence-electron chi connectivity index (χ3n) is 3.98. The number of amides is 2. The maximum atomic E-state index is 12.3. The fourth-order valence-corrected chi connectivity index (χ4v) is 2.88. The van der Waals surface area contributed by atoms with Gasteiger partial charge in [-0.25, -0.2) is 9.78 Å². The number of hydrogen-bond acceptors (Lipinski definition) is 3. The van der Waals surface area contributed by atoms with Gasteiger partial charge in [0, 0.05) is 29.5 Å². The average molecular weight is 334 g/mol. The van der Waals surface area contributed by atoms with Crippen LogP contribution in [0, 0.1) is 0 Å². The number of benzene rings is 1. The van der Waals surface area contributed by atoms with Gasteiger partial charge in [-0.2, -0.15) is 0 Å². The number of likely N-dealkylation sites (tertiary alicyclic amines) is 1. The van der Waals surface area contributed by atoms with E-state index in [1.807, 2.05) is 6.07 Å². The number of aromatic nitrogens is 1. The number of carboxylic acid groups (broad SMARTS) is 1. The minimum absolute atomic E-state index is 0.0270. The van der Waals surface area contributed by atoms with Crippen molar-refractivity contribution in [1.29, 1.82) is 0 Å². The zero-order valence-electron chi connectivity index (χ0n) is 12.3. The molecule has 2 heterocycles.